The first kappa shape index (κ1) is 11.9. The number of hydrogen-bond donors (Lipinski definition) is 1. The third-order valence-electron chi connectivity index (χ3n) is 2.01. The Kier molecular flexibility index (Phi) is 3.97. The number of ether oxygens (including phenoxy) is 1. The average Bonchev–Trinajstić information content (AvgIpc) is 2.18. The predicted molar refractivity (Wildman–Crippen MR) is 63.0 cm³/mol. The Balaban J connectivity index is 2.78. The third kappa shape index (κ3) is 3.13. The molecule has 3 heteroatoms. The summed E-state index contributed by atoms with van der Waals surface area (Å²) in [6.45, 7) is 6.97. The lowest BCUT2D eigenvalue weighted by atomic mass is 10.1. The molecule has 0 amide bonds. The van der Waals surface area contributed by atoms with Gasteiger partial charge in [-0.2, -0.15) is 0 Å². The fraction of sp³-hybridized carbons (Fsp3) is 0.250. The Labute approximate surface area is 95.4 Å². The van der Waals surface area contributed by atoms with Crippen LogP contribution in [0.5, 0.6) is 0 Å². The monoisotopic (exact) mass is 222 g/mol. The largest absolute Gasteiger partial charge is 0.454 e. The van der Waals surface area contributed by atoms with E-state index in [2.05, 4.69) is 19.2 Å². The SMILES string of the molecule is C=C(C)C(=O)OC(C)c1ccccc1S. The summed E-state index contributed by atoms with van der Waals surface area (Å²) in [6, 6.07) is 7.53. The van der Waals surface area contributed by atoms with Gasteiger partial charge in [-0.1, -0.05) is 24.8 Å². The Hall–Kier alpha value is -1.22. The highest BCUT2D eigenvalue weighted by atomic mass is 32.1. The molecule has 15 heavy (non-hydrogen) atoms. The zero-order valence-electron chi connectivity index (χ0n) is 8.86. The van der Waals surface area contributed by atoms with Crippen molar-refractivity contribution in [3.05, 3.63) is 42.0 Å². The van der Waals surface area contributed by atoms with Crippen LogP contribution in [0, 0.1) is 0 Å². The summed E-state index contributed by atoms with van der Waals surface area (Å²) in [7, 11) is 0. The highest BCUT2D eigenvalue weighted by Crippen LogP contribution is 2.24. The van der Waals surface area contributed by atoms with Gasteiger partial charge in [0.25, 0.3) is 0 Å². The van der Waals surface area contributed by atoms with Crippen LogP contribution >= 0.6 is 12.6 Å². The van der Waals surface area contributed by atoms with E-state index < -0.39 is 0 Å². The summed E-state index contributed by atoms with van der Waals surface area (Å²) in [5.41, 5.74) is 1.30. The minimum atomic E-state index is -0.376. The van der Waals surface area contributed by atoms with E-state index in [1.807, 2.05) is 31.2 Å². The summed E-state index contributed by atoms with van der Waals surface area (Å²) in [4.78, 5) is 12.1. The third-order valence-corrected chi connectivity index (χ3v) is 2.41. The van der Waals surface area contributed by atoms with Crippen molar-refractivity contribution < 1.29 is 9.53 Å². The molecule has 0 heterocycles. The molecule has 0 fully saturated rings. The van der Waals surface area contributed by atoms with Crippen LogP contribution in [0.3, 0.4) is 0 Å². The van der Waals surface area contributed by atoms with Crippen molar-refractivity contribution in [1.29, 1.82) is 0 Å². The molecule has 0 saturated heterocycles. The molecule has 2 nitrogen and oxygen atoms in total. The Morgan fingerprint density at radius 3 is 2.60 bits per heavy atom. The Morgan fingerprint density at radius 2 is 2.07 bits per heavy atom. The van der Waals surface area contributed by atoms with Gasteiger partial charge >= 0.3 is 5.97 Å². The van der Waals surface area contributed by atoms with Gasteiger partial charge in [-0.15, -0.1) is 12.6 Å². The number of carbonyl (C=O) groups is 1. The first-order valence-corrected chi connectivity index (χ1v) is 5.11. The number of carbonyl (C=O) groups excluding carboxylic acids is 1. The Bertz CT molecular complexity index is 385. The van der Waals surface area contributed by atoms with Gasteiger partial charge in [-0.3, -0.25) is 0 Å². The van der Waals surface area contributed by atoms with Gasteiger partial charge < -0.3 is 4.74 Å². The summed E-state index contributed by atoms with van der Waals surface area (Å²) in [6.07, 6.45) is -0.303. The van der Waals surface area contributed by atoms with Crippen LogP contribution in [0.4, 0.5) is 0 Å². The second kappa shape index (κ2) is 5.03. The van der Waals surface area contributed by atoms with Gasteiger partial charge in [-0.25, -0.2) is 4.79 Å². The fourth-order valence-electron chi connectivity index (χ4n) is 1.16. The number of esters is 1. The first-order chi connectivity index (χ1) is 7.02. The molecule has 1 aromatic carbocycles. The molecule has 1 unspecified atom stereocenters. The van der Waals surface area contributed by atoms with E-state index in [-0.39, 0.29) is 12.1 Å². The van der Waals surface area contributed by atoms with Crippen molar-refractivity contribution in [2.45, 2.75) is 24.8 Å². The van der Waals surface area contributed by atoms with Crippen molar-refractivity contribution in [2.24, 2.45) is 0 Å². The average molecular weight is 222 g/mol. The van der Waals surface area contributed by atoms with Crippen LogP contribution in [0.15, 0.2) is 41.3 Å². The van der Waals surface area contributed by atoms with Gasteiger partial charge in [0.2, 0.25) is 0 Å². The van der Waals surface area contributed by atoms with Gasteiger partial charge in [0.15, 0.2) is 0 Å². The smallest absolute Gasteiger partial charge is 0.333 e. The highest BCUT2D eigenvalue weighted by molar-refractivity contribution is 7.80. The van der Waals surface area contributed by atoms with Crippen LogP contribution in [0.1, 0.15) is 25.5 Å². The first-order valence-electron chi connectivity index (χ1n) is 4.66. The van der Waals surface area contributed by atoms with Crippen LogP contribution in [-0.2, 0) is 9.53 Å². The molecule has 1 atom stereocenters. The molecular formula is C12H14O2S. The maximum absolute atomic E-state index is 11.3. The lowest BCUT2D eigenvalue weighted by molar-refractivity contribution is -0.143. The number of thiol groups is 1. The zero-order chi connectivity index (χ0) is 11.4. The van der Waals surface area contributed by atoms with Crippen LogP contribution < -0.4 is 0 Å². The summed E-state index contributed by atoms with van der Waals surface area (Å²) in [5, 5.41) is 0. The quantitative estimate of drug-likeness (QED) is 0.483. The number of rotatable bonds is 3. The van der Waals surface area contributed by atoms with E-state index in [1.165, 1.54) is 0 Å². The highest BCUT2D eigenvalue weighted by Gasteiger charge is 2.13. The molecule has 80 valence electrons. The molecule has 0 radical (unpaired) electrons. The minimum absolute atomic E-state index is 0.303. The molecule has 0 aromatic heterocycles. The van der Waals surface area contributed by atoms with E-state index >= 15 is 0 Å². The lowest BCUT2D eigenvalue weighted by Gasteiger charge is -2.15. The topological polar surface area (TPSA) is 26.3 Å². The molecule has 1 rings (SSSR count). The maximum atomic E-state index is 11.3. The van der Waals surface area contributed by atoms with Crippen molar-refractivity contribution in [3.8, 4) is 0 Å². The molecule has 0 aliphatic heterocycles. The second-order valence-corrected chi connectivity index (χ2v) is 3.87. The van der Waals surface area contributed by atoms with Crippen LogP contribution in [0.25, 0.3) is 0 Å². The standard InChI is InChI=1S/C12H14O2S/c1-8(2)12(13)14-9(3)10-6-4-5-7-11(10)15/h4-7,9,15H,1H2,2-3H3. The molecule has 1 aromatic rings. The van der Waals surface area contributed by atoms with Crippen molar-refractivity contribution in [3.63, 3.8) is 0 Å². The molecule has 0 spiro atoms. The van der Waals surface area contributed by atoms with Gasteiger partial charge in [-0.05, 0) is 19.9 Å². The summed E-state index contributed by atoms with van der Waals surface area (Å²) < 4.78 is 5.19. The lowest BCUT2D eigenvalue weighted by Crippen LogP contribution is -2.09. The molecule has 0 N–H and O–H groups in total. The zero-order valence-corrected chi connectivity index (χ0v) is 9.75. The van der Waals surface area contributed by atoms with Crippen molar-refractivity contribution >= 4 is 18.6 Å². The van der Waals surface area contributed by atoms with E-state index in [1.54, 1.807) is 6.92 Å². The van der Waals surface area contributed by atoms with Crippen LogP contribution in [-0.4, -0.2) is 5.97 Å². The van der Waals surface area contributed by atoms with E-state index in [0.717, 1.165) is 10.5 Å². The number of benzene rings is 1. The Morgan fingerprint density at radius 1 is 1.47 bits per heavy atom. The maximum Gasteiger partial charge on any atom is 0.333 e. The van der Waals surface area contributed by atoms with Gasteiger partial charge in [0.05, 0.1) is 0 Å². The second-order valence-electron chi connectivity index (χ2n) is 3.39. The molecule has 0 saturated carbocycles. The van der Waals surface area contributed by atoms with Crippen molar-refractivity contribution in [2.75, 3.05) is 0 Å². The molecule has 0 aliphatic carbocycles. The number of hydrogen-bond acceptors (Lipinski definition) is 3. The summed E-state index contributed by atoms with van der Waals surface area (Å²) >= 11 is 4.30. The molecule has 0 bridgehead atoms. The van der Waals surface area contributed by atoms with Crippen LogP contribution in [0.2, 0.25) is 0 Å². The minimum Gasteiger partial charge on any atom is -0.454 e. The molecular weight excluding hydrogens is 208 g/mol. The van der Waals surface area contributed by atoms with E-state index in [9.17, 15) is 4.79 Å². The van der Waals surface area contributed by atoms with E-state index in [4.69, 9.17) is 4.74 Å². The van der Waals surface area contributed by atoms with Gasteiger partial charge in [0.1, 0.15) is 6.10 Å². The fourth-order valence-corrected chi connectivity index (χ4v) is 1.50. The summed E-state index contributed by atoms with van der Waals surface area (Å²) in [5.74, 6) is -0.376. The molecule has 0 aliphatic rings. The van der Waals surface area contributed by atoms with E-state index in [0.29, 0.717) is 5.57 Å². The normalized spacial score (nSPS) is 11.9. The van der Waals surface area contributed by atoms with Crippen molar-refractivity contribution in [1.82, 2.24) is 0 Å². The predicted octanol–water partition coefficient (Wildman–Crippen LogP) is 3.16. The van der Waals surface area contributed by atoms with Gasteiger partial charge in [0, 0.05) is 16.0 Å².